The van der Waals surface area contributed by atoms with Crippen LogP contribution < -0.4 is 10.1 Å². The Bertz CT molecular complexity index is 638. The summed E-state index contributed by atoms with van der Waals surface area (Å²) < 4.78 is 11.5. The molecule has 2 aromatic carbocycles. The average Bonchev–Trinajstić information content (AvgIpc) is 3.07. The Kier molecular flexibility index (Phi) is 6.90. The summed E-state index contributed by atoms with van der Waals surface area (Å²) >= 11 is 0. The molecule has 1 aliphatic rings. The van der Waals surface area contributed by atoms with E-state index in [0.29, 0.717) is 12.7 Å². The van der Waals surface area contributed by atoms with Crippen LogP contribution in [0.1, 0.15) is 18.4 Å². The third kappa shape index (κ3) is 4.47. The van der Waals surface area contributed by atoms with Crippen molar-refractivity contribution in [1.29, 1.82) is 0 Å². The van der Waals surface area contributed by atoms with Gasteiger partial charge in [-0.05, 0) is 29.7 Å². The Hall–Kier alpha value is -1.55. The van der Waals surface area contributed by atoms with E-state index in [-0.39, 0.29) is 12.4 Å². The first-order chi connectivity index (χ1) is 10.9. The molecule has 1 heterocycles. The normalized spacial score (nSPS) is 17.0. The zero-order chi connectivity index (χ0) is 15.2. The number of hydrogen-bond acceptors (Lipinski definition) is 3. The van der Waals surface area contributed by atoms with Gasteiger partial charge >= 0.3 is 0 Å². The van der Waals surface area contributed by atoms with Crippen LogP contribution in [0.15, 0.2) is 49.1 Å². The Balaban J connectivity index is 0.00000192. The van der Waals surface area contributed by atoms with Gasteiger partial charge in [0.2, 0.25) is 0 Å². The van der Waals surface area contributed by atoms with Gasteiger partial charge in [-0.15, -0.1) is 12.4 Å². The molecule has 0 bridgehead atoms. The van der Waals surface area contributed by atoms with Crippen molar-refractivity contribution < 1.29 is 9.47 Å². The molecule has 0 spiro atoms. The minimum absolute atomic E-state index is 0. The summed E-state index contributed by atoms with van der Waals surface area (Å²) in [5.41, 5.74) is 1.21. The molecule has 1 atom stereocenters. The fourth-order valence-corrected chi connectivity index (χ4v) is 2.95. The maximum atomic E-state index is 5.83. The molecule has 1 aliphatic heterocycles. The van der Waals surface area contributed by atoms with Crippen LogP contribution in [0, 0.1) is 0 Å². The number of nitrogens with one attached hydrogen (secondary N) is 1. The predicted octanol–water partition coefficient (Wildman–Crippen LogP) is 4.10. The summed E-state index contributed by atoms with van der Waals surface area (Å²) in [7, 11) is 0. The molecule has 3 nitrogen and oxygen atoms in total. The van der Waals surface area contributed by atoms with Crippen LogP contribution in [0.5, 0.6) is 5.75 Å². The number of rotatable bonds is 7. The first-order valence-corrected chi connectivity index (χ1v) is 7.95. The Morgan fingerprint density at radius 1 is 1.26 bits per heavy atom. The van der Waals surface area contributed by atoms with Crippen molar-refractivity contribution >= 4 is 23.2 Å². The molecule has 23 heavy (non-hydrogen) atoms. The summed E-state index contributed by atoms with van der Waals surface area (Å²) in [6.45, 7) is 6.83. The van der Waals surface area contributed by atoms with E-state index < -0.39 is 0 Å². The van der Waals surface area contributed by atoms with Gasteiger partial charge < -0.3 is 14.8 Å². The van der Waals surface area contributed by atoms with E-state index in [0.717, 1.165) is 31.9 Å². The predicted molar refractivity (Wildman–Crippen MR) is 97.6 cm³/mol. The van der Waals surface area contributed by atoms with Crippen molar-refractivity contribution in [3.8, 4) is 5.75 Å². The molecule has 0 radical (unpaired) electrons. The Labute approximate surface area is 144 Å². The van der Waals surface area contributed by atoms with Crippen molar-refractivity contribution in [3.05, 3.63) is 54.6 Å². The third-order valence-electron chi connectivity index (χ3n) is 4.05. The molecule has 0 amide bonds. The second-order valence-electron chi connectivity index (χ2n) is 5.63. The molecule has 2 aromatic rings. The zero-order valence-corrected chi connectivity index (χ0v) is 14.1. The highest BCUT2D eigenvalue weighted by atomic mass is 35.5. The number of ether oxygens (including phenoxy) is 2. The van der Waals surface area contributed by atoms with Crippen LogP contribution in [0.25, 0.3) is 10.8 Å². The van der Waals surface area contributed by atoms with E-state index in [4.69, 9.17) is 9.47 Å². The Morgan fingerprint density at radius 2 is 2.13 bits per heavy atom. The SMILES string of the molecule is C=CCOc1ccc2ccccc2c1CNCC1CCCO1.Cl. The highest BCUT2D eigenvalue weighted by Crippen LogP contribution is 2.28. The average molecular weight is 334 g/mol. The molecule has 3 rings (SSSR count). The largest absolute Gasteiger partial charge is 0.489 e. The fraction of sp³-hybridized carbons (Fsp3) is 0.368. The van der Waals surface area contributed by atoms with Gasteiger partial charge in [-0.25, -0.2) is 0 Å². The molecule has 124 valence electrons. The smallest absolute Gasteiger partial charge is 0.124 e. The maximum Gasteiger partial charge on any atom is 0.124 e. The van der Waals surface area contributed by atoms with Crippen LogP contribution in [-0.2, 0) is 11.3 Å². The second-order valence-corrected chi connectivity index (χ2v) is 5.63. The van der Waals surface area contributed by atoms with Gasteiger partial charge in [-0.2, -0.15) is 0 Å². The lowest BCUT2D eigenvalue weighted by molar-refractivity contribution is 0.110. The monoisotopic (exact) mass is 333 g/mol. The van der Waals surface area contributed by atoms with E-state index in [1.807, 2.05) is 0 Å². The van der Waals surface area contributed by atoms with Crippen molar-refractivity contribution in [1.82, 2.24) is 5.32 Å². The first kappa shape index (κ1) is 17.8. The molecule has 1 saturated heterocycles. The molecular formula is C19H24ClNO2. The summed E-state index contributed by atoms with van der Waals surface area (Å²) in [5.74, 6) is 0.929. The number of fused-ring (bicyclic) bond motifs is 1. The standard InChI is InChI=1S/C19H23NO2.ClH/c1-2-11-22-19-10-9-15-6-3-4-8-17(15)18(19)14-20-13-16-7-5-12-21-16;/h2-4,6,8-10,16,20H,1,5,7,11-14H2;1H. The molecular weight excluding hydrogens is 310 g/mol. The van der Waals surface area contributed by atoms with Gasteiger partial charge in [0.15, 0.2) is 0 Å². The van der Waals surface area contributed by atoms with Gasteiger partial charge in [0, 0.05) is 25.3 Å². The van der Waals surface area contributed by atoms with Crippen molar-refractivity contribution in [2.75, 3.05) is 19.8 Å². The molecule has 1 unspecified atom stereocenters. The Morgan fingerprint density at radius 3 is 2.91 bits per heavy atom. The molecule has 0 saturated carbocycles. The van der Waals surface area contributed by atoms with E-state index in [9.17, 15) is 0 Å². The molecule has 1 N–H and O–H groups in total. The third-order valence-corrected chi connectivity index (χ3v) is 4.05. The molecule has 4 heteroatoms. The van der Waals surface area contributed by atoms with E-state index >= 15 is 0 Å². The van der Waals surface area contributed by atoms with Gasteiger partial charge in [0.05, 0.1) is 6.10 Å². The van der Waals surface area contributed by atoms with Crippen molar-refractivity contribution in [2.24, 2.45) is 0 Å². The van der Waals surface area contributed by atoms with Crippen LogP contribution in [0.3, 0.4) is 0 Å². The summed E-state index contributed by atoms with van der Waals surface area (Å²) in [6.07, 6.45) is 4.46. The summed E-state index contributed by atoms with van der Waals surface area (Å²) in [6, 6.07) is 12.6. The van der Waals surface area contributed by atoms with Crippen molar-refractivity contribution in [3.63, 3.8) is 0 Å². The lowest BCUT2D eigenvalue weighted by Gasteiger charge is -2.16. The summed E-state index contributed by atoms with van der Waals surface area (Å²) in [5, 5.41) is 6.00. The highest BCUT2D eigenvalue weighted by Gasteiger charge is 2.15. The molecule has 1 fully saturated rings. The quantitative estimate of drug-likeness (QED) is 0.774. The number of benzene rings is 2. The second kappa shape index (κ2) is 8.92. The van der Waals surface area contributed by atoms with Gasteiger partial charge in [-0.1, -0.05) is 43.0 Å². The summed E-state index contributed by atoms with van der Waals surface area (Å²) in [4.78, 5) is 0. The minimum Gasteiger partial charge on any atom is -0.489 e. The van der Waals surface area contributed by atoms with Crippen LogP contribution in [0.2, 0.25) is 0 Å². The maximum absolute atomic E-state index is 5.83. The number of halogens is 1. The van der Waals surface area contributed by atoms with Gasteiger partial charge in [0.1, 0.15) is 12.4 Å². The van der Waals surface area contributed by atoms with E-state index in [1.54, 1.807) is 6.08 Å². The van der Waals surface area contributed by atoms with Crippen LogP contribution >= 0.6 is 12.4 Å². The minimum atomic E-state index is 0. The zero-order valence-electron chi connectivity index (χ0n) is 13.3. The highest BCUT2D eigenvalue weighted by molar-refractivity contribution is 5.87. The first-order valence-electron chi connectivity index (χ1n) is 7.95. The lowest BCUT2D eigenvalue weighted by Crippen LogP contribution is -2.26. The lowest BCUT2D eigenvalue weighted by atomic mass is 10.0. The fourth-order valence-electron chi connectivity index (χ4n) is 2.95. The topological polar surface area (TPSA) is 30.5 Å². The molecule has 0 aliphatic carbocycles. The molecule has 0 aromatic heterocycles. The van der Waals surface area contributed by atoms with Gasteiger partial charge in [-0.3, -0.25) is 0 Å². The van der Waals surface area contributed by atoms with E-state index in [1.165, 1.54) is 22.8 Å². The van der Waals surface area contributed by atoms with Crippen molar-refractivity contribution in [2.45, 2.75) is 25.5 Å². The van der Waals surface area contributed by atoms with Crippen LogP contribution in [-0.4, -0.2) is 25.9 Å². The van der Waals surface area contributed by atoms with E-state index in [2.05, 4.69) is 48.3 Å². The number of hydrogen-bond donors (Lipinski definition) is 1. The van der Waals surface area contributed by atoms with Crippen LogP contribution in [0.4, 0.5) is 0 Å². The van der Waals surface area contributed by atoms with Gasteiger partial charge in [0.25, 0.3) is 0 Å².